The van der Waals surface area contributed by atoms with Crippen molar-refractivity contribution >= 4 is 40.4 Å². The van der Waals surface area contributed by atoms with Crippen LogP contribution in [0.25, 0.3) is 10.8 Å². The predicted molar refractivity (Wildman–Crippen MR) is 165 cm³/mol. The molecule has 45 heavy (non-hydrogen) atoms. The van der Waals surface area contributed by atoms with Gasteiger partial charge in [0.2, 0.25) is 11.8 Å². The Balaban J connectivity index is 1.33. The molecule has 2 atom stereocenters. The third-order valence-corrected chi connectivity index (χ3v) is 9.32. The second kappa shape index (κ2) is 12.7. The van der Waals surface area contributed by atoms with Gasteiger partial charge in [0.15, 0.2) is 5.76 Å². The first-order valence-corrected chi connectivity index (χ1v) is 15.7. The topological polar surface area (TPSA) is 117 Å². The summed E-state index contributed by atoms with van der Waals surface area (Å²) in [6, 6.07) is 16.1. The van der Waals surface area contributed by atoms with Gasteiger partial charge in [-0.15, -0.1) is 0 Å². The fraction of sp³-hybridized carbons (Fsp3) is 0.400. The van der Waals surface area contributed by atoms with Gasteiger partial charge in [-0.25, -0.2) is 4.90 Å². The number of benzene rings is 2. The van der Waals surface area contributed by atoms with Gasteiger partial charge in [0.1, 0.15) is 5.41 Å². The second-order valence-corrected chi connectivity index (χ2v) is 11.8. The number of hydrogen-bond acceptors (Lipinski definition) is 7. The Morgan fingerprint density at radius 2 is 1.64 bits per heavy atom. The van der Waals surface area contributed by atoms with E-state index in [1.54, 1.807) is 41.0 Å². The van der Waals surface area contributed by atoms with E-state index in [0.717, 1.165) is 23.1 Å². The molecule has 10 heteroatoms. The Hall–Kier alpha value is -4.73. The number of fused-ring (bicyclic) bond motifs is 2. The van der Waals surface area contributed by atoms with Crippen LogP contribution in [0.2, 0.25) is 0 Å². The SMILES string of the molecule is CCOC(=O)[C@@]12CCCCC/C=C\1N(C(=O)c1cccc3ccccc13)C(=O)[C@H]2CC(=O)N1CCN(C(=O)c2ccco2)CC1. The van der Waals surface area contributed by atoms with E-state index < -0.39 is 29.1 Å². The molecule has 1 aliphatic carbocycles. The molecular weight excluding hydrogens is 574 g/mol. The smallest absolute Gasteiger partial charge is 0.318 e. The van der Waals surface area contributed by atoms with Gasteiger partial charge in [0.25, 0.3) is 11.8 Å². The van der Waals surface area contributed by atoms with Crippen LogP contribution in [-0.2, 0) is 19.1 Å². The molecule has 2 fully saturated rings. The molecule has 4 amide bonds. The molecule has 2 aromatic carbocycles. The summed E-state index contributed by atoms with van der Waals surface area (Å²) >= 11 is 0. The third-order valence-electron chi connectivity index (χ3n) is 9.32. The van der Waals surface area contributed by atoms with Crippen LogP contribution in [0.5, 0.6) is 0 Å². The van der Waals surface area contributed by atoms with Crippen molar-refractivity contribution in [3.63, 3.8) is 0 Å². The number of esters is 1. The van der Waals surface area contributed by atoms with Crippen LogP contribution in [0.1, 0.15) is 66.4 Å². The van der Waals surface area contributed by atoms with Crippen molar-refractivity contribution in [1.29, 1.82) is 0 Å². The van der Waals surface area contributed by atoms with Gasteiger partial charge in [0.05, 0.1) is 18.8 Å². The number of carbonyl (C=O) groups is 5. The van der Waals surface area contributed by atoms with E-state index in [-0.39, 0.29) is 43.7 Å². The highest BCUT2D eigenvalue weighted by Gasteiger charge is 2.63. The van der Waals surface area contributed by atoms with Crippen molar-refractivity contribution in [3.05, 3.63) is 84.0 Å². The largest absolute Gasteiger partial charge is 0.465 e. The summed E-state index contributed by atoms with van der Waals surface area (Å²) in [4.78, 5) is 73.8. The summed E-state index contributed by atoms with van der Waals surface area (Å²) in [7, 11) is 0. The zero-order valence-corrected chi connectivity index (χ0v) is 25.4. The van der Waals surface area contributed by atoms with E-state index in [1.165, 1.54) is 6.26 Å². The van der Waals surface area contributed by atoms with Crippen molar-refractivity contribution in [1.82, 2.24) is 14.7 Å². The van der Waals surface area contributed by atoms with E-state index in [0.29, 0.717) is 49.0 Å². The van der Waals surface area contributed by atoms with E-state index in [2.05, 4.69) is 0 Å². The number of piperazine rings is 1. The first-order chi connectivity index (χ1) is 21.9. The number of hydrogen-bond donors (Lipinski definition) is 0. The molecular formula is C35H37N3O7. The number of imide groups is 1. The van der Waals surface area contributed by atoms with Gasteiger partial charge < -0.3 is 19.0 Å². The Morgan fingerprint density at radius 1 is 0.889 bits per heavy atom. The molecule has 0 radical (unpaired) electrons. The number of allylic oxidation sites excluding steroid dienone is 1. The molecule has 0 N–H and O–H groups in total. The lowest BCUT2D eigenvalue weighted by Crippen LogP contribution is -2.51. The molecule has 0 unspecified atom stereocenters. The second-order valence-electron chi connectivity index (χ2n) is 11.8. The average Bonchev–Trinajstić information content (AvgIpc) is 3.66. The summed E-state index contributed by atoms with van der Waals surface area (Å²) in [5.74, 6) is -3.07. The van der Waals surface area contributed by atoms with Crippen molar-refractivity contribution in [3.8, 4) is 0 Å². The van der Waals surface area contributed by atoms with Crippen LogP contribution < -0.4 is 0 Å². The molecule has 234 valence electrons. The Morgan fingerprint density at radius 3 is 2.40 bits per heavy atom. The standard InChI is InChI=1S/C35H37N3O7/c1-2-44-34(43)35-17-8-4-3-5-16-29(35)38(31(40)26-14-9-12-24-11-6-7-13-25(24)26)32(41)27(35)23-30(39)36-18-20-37(21-19-36)33(42)28-15-10-22-45-28/h6-7,9-16,22,27H,2-5,8,17-21,23H2,1H3/b29-16+/t27-,35-/m1/s1. The van der Waals surface area contributed by atoms with Gasteiger partial charge >= 0.3 is 5.97 Å². The van der Waals surface area contributed by atoms with E-state index in [1.807, 2.05) is 36.4 Å². The van der Waals surface area contributed by atoms with Crippen LogP contribution in [0.3, 0.4) is 0 Å². The van der Waals surface area contributed by atoms with Gasteiger partial charge in [-0.2, -0.15) is 0 Å². The Labute approximate surface area is 261 Å². The average molecular weight is 612 g/mol. The first-order valence-electron chi connectivity index (χ1n) is 15.7. The molecule has 3 heterocycles. The number of nitrogens with zero attached hydrogens (tertiary/aromatic N) is 3. The number of rotatable bonds is 6. The predicted octanol–water partition coefficient (Wildman–Crippen LogP) is 4.80. The quantitative estimate of drug-likeness (QED) is 0.290. The maximum Gasteiger partial charge on any atom is 0.318 e. The maximum atomic E-state index is 14.5. The maximum absolute atomic E-state index is 14.5. The molecule has 3 aromatic rings. The molecule has 2 aliphatic heterocycles. The zero-order valence-electron chi connectivity index (χ0n) is 25.4. The highest BCUT2D eigenvalue weighted by Crippen LogP contribution is 2.53. The van der Waals surface area contributed by atoms with Crippen LogP contribution >= 0.6 is 0 Å². The van der Waals surface area contributed by atoms with Crippen molar-refractivity contribution < 1.29 is 33.1 Å². The van der Waals surface area contributed by atoms with Gasteiger partial charge in [-0.3, -0.25) is 24.0 Å². The van der Waals surface area contributed by atoms with Crippen molar-refractivity contribution in [2.75, 3.05) is 32.8 Å². The summed E-state index contributed by atoms with van der Waals surface area (Å²) in [5, 5.41) is 1.56. The molecule has 1 aromatic heterocycles. The molecule has 2 saturated heterocycles. The fourth-order valence-corrected chi connectivity index (χ4v) is 7.03. The monoisotopic (exact) mass is 611 g/mol. The molecule has 0 saturated carbocycles. The van der Waals surface area contributed by atoms with Gasteiger partial charge in [-0.05, 0) is 55.2 Å². The Bertz CT molecular complexity index is 1650. The van der Waals surface area contributed by atoms with Crippen molar-refractivity contribution in [2.45, 2.75) is 45.4 Å². The van der Waals surface area contributed by atoms with Crippen LogP contribution in [0.4, 0.5) is 0 Å². The van der Waals surface area contributed by atoms with Crippen LogP contribution in [0.15, 0.2) is 77.1 Å². The fourth-order valence-electron chi connectivity index (χ4n) is 7.03. The Kier molecular flexibility index (Phi) is 8.56. The van der Waals surface area contributed by atoms with E-state index >= 15 is 0 Å². The minimum atomic E-state index is -1.46. The third kappa shape index (κ3) is 5.43. The number of ether oxygens (including phenoxy) is 1. The van der Waals surface area contributed by atoms with E-state index in [4.69, 9.17) is 9.15 Å². The highest BCUT2D eigenvalue weighted by molar-refractivity contribution is 6.16. The lowest BCUT2D eigenvalue weighted by atomic mass is 9.69. The van der Waals surface area contributed by atoms with Crippen molar-refractivity contribution in [2.24, 2.45) is 11.3 Å². The lowest BCUT2D eigenvalue weighted by molar-refractivity contribution is -0.158. The molecule has 6 rings (SSSR count). The summed E-state index contributed by atoms with van der Waals surface area (Å²) in [5.41, 5.74) is -0.776. The van der Waals surface area contributed by atoms with Gasteiger partial charge in [0, 0.05) is 43.9 Å². The summed E-state index contributed by atoms with van der Waals surface area (Å²) in [6.07, 6.45) is 6.28. The number of likely N-dealkylation sites (tertiary alicyclic amines) is 1. The number of carbonyl (C=O) groups excluding carboxylic acids is 5. The zero-order chi connectivity index (χ0) is 31.6. The van der Waals surface area contributed by atoms with E-state index in [9.17, 15) is 24.0 Å². The molecule has 10 nitrogen and oxygen atoms in total. The molecule has 3 aliphatic rings. The molecule has 0 bridgehead atoms. The normalized spacial score (nSPS) is 23.1. The summed E-state index contributed by atoms with van der Waals surface area (Å²) in [6.45, 7) is 2.99. The number of amides is 4. The minimum absolute atomic E-state index is 0.103. The molecule has 0 spiro atoms. The minimum Gasteiger partial charge on any atom is -0.465 e. The highest BCUT2D eigenvalue weighted by atomic mass is 16.5. The number of furan rings is 1. The lowest BCUT2D eigenvalue weighted by Gasteiger charge is -2.37. The van der Waals surface area contributed by atoms with Crippen LogP contribution in [-0.4, -0.2) is 77.1 Å². The first kappa shape index (κ1) is 30.3. The van der Waals surface area contributed by atoms with Crippen LogP contribution in [0, 0.1) is 11.3 Å². The van der Waals surface area contributed by atoms with Gasteiger partial charge in [-0.1, -0.05) is 55.3 Å². The summed E-state index contributed by atoms with van der Waals surface area (Å²) < 4.78 is 10.9.